The molecule has 29 heavy (non-hydrogen) atoms. The predicted molar refractivity (Wildman–Crippen MR) is 119 cm³/mol. The van der Waals surface area contributed by atoms with Gasteiger partial charge < -0.3 is 15.0 Å². The molecular formula is C22H21N3O3S. The Morgan fingerprint density at radius 1 is 1.00 bits per heavy atom. The highest BCUT2D eigenvalue weighted by Gasteiger charge is 2.08. The molecule has 3 rings (SSSR count). The van der Waals surface area contributed by atoms with Crippen molar-refractivity contribution in [2.24, 2.45) is 0 Å². The summed E-state index contributed by atoms with van der Waals surface area (Å²) >= 11 is 5.17. The molecule has 7 heteroatoms. The maximum absolute atomic E-state index is 12.1. The fourth-order valence-corrected chi connectivity index (χ4v) is 2.91. The Kier molecular flexibility index (Phi) is 6.41. The molecule has 0 unspecified atom stereocenters. The molecule has 0 saturated carbocycles. The van der Waals surface area contributed by atoms with E-state index in [2.05, 4.69) is 10.6 Å². The first-order valence-electron chi connectivity index (χ1n) is 8.99. The van der Waals surface area contributed by atoms with Gasteiger partial charge in [-0.05, 0) is 59.4 Å². The molecule has 0 spiro atoms. The van der Waals surface area contributed by atoms with Gasteiger partial charge in [-0.25, -0.2) is 0 Å². The van der Waals surface area contributed by atoms with Gasteiger partial charge in [0.1, 0.15) is 5.75 Å². The Balaban J connectivity index is 1.49. The number of amides is 2. The molecule has 2 N–H and O–H groups in total. The van der Waals surface area contributed by atoms with E-state index in [9.17, 15) is 9.59 Å². The molecule has 3 aromatic carbocycles. The number of carbonyl (C=O) groups is 2. The lowest BCUT2D eigenvalue weighted by molar-refractivity contribution is -0.121. The maximum Gasteiger partial charge on any atom is 0.264 e. The van der Waals surface area contributed by atoms with Crippen molar-refractivity contribution in [3.05, 3.63) is 66.7 Å². The van der Waals surface area contributed by atoms with E-state index in [1.54, 1.807) is 31.3 Å². The van der Waals surface area contributed by atoms with E-state index in [1.807, 2.05) is 42.5 Å². The van der Waals surface area contributed by atoms with Crippen LogP contribution in [0.25, 0.3) is 10.8 Å². The molecule has 0 radical (unpaired) electrons. The first-order chi connectivity index (χ1) is 13.9. The summed E-state index contributed by atoms with van der Waals surface area (Å²) < 4.78 is 5.55. The largest absolute Gasteiger partial charge is 0.484 e. The highest BCUT2D eigenvalue weighted by Crippen LogP contribution is 2.20. The quantitative estimate of drug-likeness (QED) is 0.631. The third-order valence-corrected chi connectivity index (χ3v) is 4.53. The molecule has 3 aromatic rings. The number of hydrogen-bond donors (Lipinski definition) is 2. The van der Waals surface area contributed by atoms with E-state index in [0.29, 0.717) is 11.4 Å². The second-order valence-corrected chi connectivity index (χ2v) is 6.83. The van der Waals surface area contributed by atoms with Gasteiger partial charge >= 0.3 is 0 Å². The fourth-order valence-electron chi connectivity index (χ4n) is 2.68. The molecular weight excluding hydrogens is 386 g/mol. The number of nitrogens with one attached hydrogen (secondary N) is 2. The van der Waals surface area contributed by atoms with Crippen LogP contribution in [0.1, 0.15) is 6.92 Å². The molecule has 0 fully saturated rings. The van der Waals surface area contributed by atoms with Crippen LogP contribution in [0.2, 0.25) is 0 Å². The Morgan fingerprint density at radius 2 is 1.69 bits per heavy atom. The Labute approximate surface area is 174 Å². The number of thiocarbonyl (C=S) groups is 1. The molecule has 0 aliphatic rings. The van der Waals surface area contributed by atoms with Gasteiger partial charge in [-0.2, -0.15) is 0 Å². The molecule has 0 aromatic heterocycles. The van der Waals surface area contributed by atoms with Crippen LogP contribution in [0, 0.1) is 0 Å². The molecule has 6 nitrogen and oxygen atoms in total. The Bertz CT molecular complexity index is 1050. The second-order valence-electron chi connectivity index (χ2n) is 6.42. The van der Waals surface area contributed by atoms with Gasteiger partial charge in [-0.1, -0.05) is 30.3 Å². The highest BCUT2D eigenvalue weighted by atomic mass is 32.1. The van der Waals surface area contributed by atoms with Gasteiger partial charge in [-0.15, -0.1) is 0 Å². The number of fused-ring (bicyclic) bond motifs is 1. The number of carbonyl (C=O) groups excluding carboxylic acids is 2. The molecule has 0 aliphatic carbocycles. The SMILES string of the molecule is CC(=O)N(C)c1ccc(NC(=S)NC(=O)COc2ccc3ccccc3c2)cc1. The van der Waals surface area contributed by atoms with Crippen molar-refractivity contribution in [1.29, 1.82) is 0 Å². The summed E-state index contributed by atoms with van der Waals surface area (Å²) in [5.74, 6) is 0.200. The zero-order chi connectivity index (χ0) is 20.8. The van der Waals surface area contributed by atoms with Crippen molar-refractivity contribution in [3.8, 4) is 5.75 Å². The van der Waals surface area contributed by atoms with Crippen LogP contribution in [0.3, 0.4) is 0 Å². The average molecular weight is 407 g/mol. The Hall–Kier alpha value is -3.45. The van der Waals surface area contributed by atoms with E-state index in [-0.39, 0.29) is 23.5 Å². The third-order valence-electron chi connectivity index (χ3n) is 4.33. The third kappa shape index (κ3) is 5.52. The van der Waals surface area contributed by atoms with Crippen molar-refractivity contribution in [2.75, 3.05) is 23.9 Å². The van der Waals surface area contributed by atoms with E-state index in [0.717, 1.165) is 16.5 Å². The normalized spacial score (nSPS) is 10.3. The summed E-state index contributed by atoms with van der Waals surface area (Å²) in [7, 11) is 1.70. The smallest absolute Gasteiger partial charge is 0.264 e. The van der Waals surface area contributed by atoms with Crippen molar-refractivity contribution in [3.63, 3.8) is 0 Å². The minimum atomic E-state index is -0.358. The lowest BCUT2D eigenvalue weighted by atomic mass is 10.1. The van der Waals surface area contributed by atoms with Gasteiger partial charge in [0.2, 0.25) is 5.91 Å². The van der Waals surface area contributed by atoms with E-state index >= 15 is 0 Å². The summed E-state index contributed by atoms with van der Waals surface area (Å²) in [6.45, 7) is 1.35. The maximum atomic E-state index is 12.1. The van der Waals surface area contributed by atoms with Gasteiger partial charge in [0, 0.05) is 25.3 Å². The lowest BCUT2D eigenvalue weighted by Crippen LogP contribution is -2.37. The van der Waals surface area contributed by atoms with Gasteiger partial charge in [0.25, 0.3) is 5.91 Å². The summed E-state index contributed by atoms with van der Waals surface area (Å²) in [6.07, 6.45) is 0. The molecule has 0 atom stereocenters. The summed E-state index contributed by atoms with van der Waals surface area (Å²) in [6, 6.07) is 20.7. The van der Waals surface area contributed by atoms with Crippen LogP contribution in [0.5, 0.6) is 5.75 Å². The standard InChI is InChI=1S/C22H21N3O3S/c1-15(26)25(2)19-10-8-18(9-11-19)23-22(29)24-21(27)14-28-20-12-7-16-5-3-4-6-17(16)13-20/h3-13H,14H2,1-2H3,(H2,23,24,27,29). The molecule has 0 bridgehead atoms. The van der Waals surface area contributed by atoms with Crippen molar-refractivity contribution >= 4 is 51.3 Å². The number of hydrogen-bond acceptors (Lipinski definition) is 4. The van der Waals surface area contributed by atoms with Crippen LogP contribution < -0.4 is 20.3 Å². The first-order valence-corrected chi connectivity index (χ1v) is 9.40. The molecule has 0 aliphatic heterocycles. The number of ether oxygens (including phenoxy) is 1. The first kappa shape index (κ1) is 20.3. The van der Waals surface area contributed by atoms with E-state index in [1.165, 1.54) is 11.8 Å². The number of benzene rings is 3. The topological polar surface area (TPSA) is 70.7 Å². The highest BCUT2D eigenvalue weighted by molar-refractivity contribution is 7.80. The van der Waals surface area contributed by atoms with E-state index < -0.39 is 0 Å². The Morgan fingerprint density at radius 3 is 2.38 bits per heavy atom. The summed E-state index contributed by atoms with van der Waals surface area (Å²) in [5, 5.41) is 7.84. The van der Waals surface area contributed by atoms with Crippen LogP contribution >= 0.6 is 12.2 Å². The zero-order valence-corrected chi connectivity index (χ0v) is 17.0. The van der Waals surface area contributed by atoms with Crippen molar-refractivity contribution in [2.45, 2.75) is 6.92 Å². The number of anilines is 2. The molecule has 0 saturated heterocycles. The minimum absolute atomic E-state index is 0.0556. The molecule has 148 valence electrons. The van der Waals surface area contributed by atoms with Gasteiger partial charge in [0.05, 0.1) is 0 Å². The second kappa shape index (κ2) is 9.16. The number of nitrogens with zero attached hydrogens (tertiary/aromatic N) is 1. The van der Waals surface area contributed by atoms with Crippen LogP contribution in [0.4, 0.5) is 11.4 Å². The van der Waals surface area contributed by atoms with E-state index in [4.69, 9.17) is 17.0 Å². The minimum Gasteiger partial charge on any atom is -0.484 e. The lowest BCUT2D eigenvalue weighted by Gasteiger charge is -2.16. The zero-order valence-electron chi connectivity index (χ0n) is 16.1. The average Bonchev–Trinajstić information content (AvgIpc) is 2.72. The van der Waals surface area contributed by atoms with Gasteiger partial charge in [-0.3, -0.25) is 14.9 Å². The predicted octanol–water partition coefficient (Wildman–Crippen LogP) is 3.71. The van der Waals surface area contributed by atoms with Gasteiger partial charge in [0.15, 0.2) is 11.7 Å². The fraction of sp³-hybridized carbons (Fsp3) is 0.136. The number of rotatable bonds is 5. The summed E-state index contributed by atoms with van der Waals surface area (Å²) in [4.78, 5) is 25.0. The van der Waals surface area contributed by atoms with Crippen LogP contribution in [-0.4, -0.2) is 30.6 Å². The molecule has 0 heterocycles. The summed E-state index contributed by atoms with van der Waals surface area (Å²) in [5.41, 5.74) is 1.47. The monoisotopic (exact) mass is 407 g/mol. The van der Waals surface area contributed by atoms with Crippen LogP contribution in [0.15, 0.2) is 66.7 Å². The van der Waals surface area contributed by atoms with Crippen LogP contribution in [-0.2, 0) is 9.59 Å². The molecule has 2 amide bonds. The van der Waals surface area contributed by atoms with Crippen molar-refractivity contribution < 1.29 is 14.3 Å². The van der Waals surface area contributed by atoms with Crippen molar-refractivity contribution in [1.82, 2.24) is 5.32 Å².